The van der Waals surface area contributed by atoms with Crippen molar-refractivity contribution < 1.29 is 19.0 Å². The molecule has 1 aliphatic heterocycles. The third-order valence-corrected chi connectivity index (χ3v) is 4.78. The number of carbonyl (C=O) groups is 1. The summed E-state index contributed by atoms with van der Waals surface area (Å²) in [5.74, 6) is 1.65. The van der Waals surface area contributed by atoms with Gasteiger partial charge in [-0.05, 0) is 48.7 Å². The fourth-order valence-corrected chi connectivity index (χ4v) is 3.28. The summed E-state index contributed by atoms with van der Waals surface area (Å²) in [6.07, 6.45) is 3.32. The molecule has 166 valence electrons. The van der Waals surface area contributed by atoms with E-state index in [4.69, 9.17) is 14.2 Å². The smallest absolute Gasteiger partial charge is 0.248 e. The fraction of sp³-hybridized carbons (Fsp3) is 0.400. The number of hydrogen-bond acceptors (Lipinski definition) is 5. The van der Waals surface area contributed by atoms with E-state index in [0.29, 0.717) is 38.1 Å². The van der Waals surface area contributed by atoms with Gasteiger partial charge in [-0.3, -0.25) is 4.79 Å². The Kier molecular flexibility index (Phi) is 8.35. The zero-order valence-electron chi connectivity index (χ0n) is 18.6. The van der Waals surface area contributed by atoms with Crippen LogP contribution in [0.15, 0.2) is 48.5 Å². The summed E-state index contributed by atoms with van der Waals surface area (Å²) in [5.41, 5.74) is 2.68. The first-order valence-corrected chi connectivity index (χ1v) is 10.9. The number of anilines is 2. The second-order valence-electron chi connectivity index (χ2n) is 7.78. The van der Waals surface area contributed by atoms with Crippen molar-refractivity contribution in [2.45, 2.75) is 20.8 Å². The average molecular weight is 425 g/mol. The highest BCUT2D eigenvalue weighted by molar-refractivity contribution is 6.03. The van der Waals surface area contributed by atoms with Crippen molar-refractivity contribution in [2.75, 3.05) is 49.7 Å². The van der Waals surface area contributed by atoms with Crippen molar-refractivity contribution in [3.8, 4) is 11.5 Å². The minimum absolute atomic E-state index is 0.182. The predicted molar refractivity (Wildman–Crippen MR) is 125 cm³/mol. The molecule has 0 bridgehead atoms. The maximum Gasteiger partial charge on any atom is 0.248 e. The van der Waals surface area contributed by atoms with E-state index in [1.165, 1.54) is 6.08 Å². The fourth-order valence-electron chi connectivity index (χ4n) is 3.28. The maximum atomic E-state index is 12.6. The monoisotopic (exact) mass is 424 g/mol. The van der Waals surface area contributed by atoms with Crippen LogP contribution in [-0.2, 0) is 9.53 Å². The van der Waals surface area contributed by atoms with Crippen LogP contribution in [0.4, 0.5) is 11.4 Å². The van der Waals surface area contributed by atoms with Gasteiger partial charge in [0, 0.05) is 19.2 Å². The largest absolute Gasteiger partial charge is 0.490 e. The van der Waals surface area contributed by atoms with Gasteiger partial charge in [0.15, 0.2) is 11.5 Å². The van der Waals surface area contributed by atoms with Crippen molar-refractivity contribution in [1.29, 1.82) is 0 Å². The molecule has 0 radical (unpaired) electrons. The van der Waals surface area contributed by atoms with E-state index < -0.39 is 0 Å². The van der Waals surface area contributed by atoms with Crippen molar-refractivity contribution in [2.24, 2.45) is 5.92 Å². The molecule has 1 saturated heterocycles. The van der Waals surface area contributed by atoms with Crippen LogP contribution in [0.25, 0.3) is 6.08 Å². The summed E-state index contributed by atoms with van der Waals surface area (Å²) in [5, 5.41) is 3.00. The van der Waals surface area contributed by atoms with E-state index in [1.54, 1.807) is 6.08 Å². The van der Waals surface area contributed by atoms with Crippen LogP contribution in [-0.4, -0.2) is 45.4 Å². The molecule has 1 heterocycles. The Morgan fingerprint density at radius 3 is 2.65 bits per heavy atom. The molecule has 1 N–H and O–H groups in total. The Hall–Kier alpha value is -2.99. The van der Waals surface area contributed by atoms with E-state index >= 15 is 0 Å². The summed E-state index contributed by atoms with van der Waals surface area (Å²) in [4.78, 5) is 14.8. The van der Waals surface area contributed by atoms with Gasteiger partial charge in [-0.1, -0.05) is 32.0 Å². The van der Waals surface area contributed by atoms with Gasteiger partial charge in [0.05, 0.1) is 37.8 Å². The minimum Gasteiger partial charge on any atom is -0.490 e. The highest BCUT2D eigenvalue weighted by atomic mass is 16.5. The predicted octanol–water partition coefficient (Wildman–Crippen LogP) is 4.61. The SMILES string of the molecule is CCOc1cc(/C=C/C(=O)Nc2ccccc2N2CCOCC2)ccc1OCC(C)C. The lowest BCUT2D eigenvalue weighted by molar-refractivity contribution is -0.111. The normalized spacial score (nSPS) is 14.1. The summed E-state index contributed by atoms with van der Waals surface area (Å²) in [7, 11) is 0. The minimum atomic E-state index is -0.182. The number of ether oxygens (including phenoxy) is 3. The zero-order chi connectivity index (χ0) is 22.1. The van der Waals surface area contributed by atoms with Crippen molar-refractivity contribution >= 4 is 23.4 Å². The molecule has 1 aliphatic rings. The molecule has 3 rings (SSSR count). The topological polar surface area (TPSA) is 60.0 Å². The van der Waals surface area contributed by atoms with Crippen LogP contribution in [0.1, 0.15) is 26.3 Å². The van der Waals surface area contributed by atoms with E-state index in [2.05, 4.69) is 24.1 Å². The second kappa shape index (κ2) is 11.4. The quantitative estimate of drug-likeness (QED) is 0.596. The van der Waals surface area contributed by atoms with E-state index in [1.807, 2.05) is 49.4 Å². The Morgan fingerprint density at radius 2 is 1.90 bits per heavy atom. The number of benzene rings is 2. The number of nitrogens with one attached hydrogen (secondary N) is 1. The van der Waals surface area contributed by atoms with Gasteiger partial charge in [-0.2, -0.15) is 0 Å². The third kappa shape index (κ3) is 6.76. The van der Waals surface area contributed by atoms with Gasteiger partial charge in [0.25, 0.3) is 0 Å². The van der Waals surface area contributed by atoms with Crippen molar-refractivity contribution in [3.63, 3.8) is 0 Å². The standard InChI is InChI=1S/C25H32N2O4/c1-4-30-24-17-20(9-11-23(24)31-18-19(2)3)10-12-25(28)26-21-7-5-6-8-22(21)27-13-15-29-16-14-27/h5-12,17,19H,4,13-16,18H2,1-3H3,(H,26,28)/b12-10+. The molecule has 1 amide bonds. The first-order valence-electron chi connectivity index (χ1n) is 10.9. The number of morpholine rings is 1. The summed E-state index contributed by atoms with van der Waals surface area (Å²) >= 11 is 0. The molecule has 0 unspecified atom stereocenters. The Balaban J connectivity index is 1.68. The molecule has 6 heteroatoms. The number of rotatable bonds is 9. The average Bonchev–Trinajstić information content (AvgIpc) is 2.78. The number of hydrogen-bond donors (Lipinski definition) is 1. The number of amides is 1. The lowest BCUT2D eigenvalue weighted by Gasteiger charge is -2.30. The van der Waals surface area contributed by atoms with Crippen LogP contribution in [0.3, 0.4) is 0 Å². The molecule has 0 spiro atoms. The number of para-hydroxylation sites is 2. The lowest BCUT2D eigenvalue weighted by atomic mass is 10.1. The van der Waals surface area contributed by atoms with Crippen LogP contribution >= 0.6 is 0 Å². The van der Waals surface area contributed by atoms with Gasteiger partial charge in [-0.15, -0.1) is 0 Å². The molecule has 0 saturated carbocycles. The Labute approximate surface area is 184 Å². The highest BCUT2D eigenvalue weighted by Crippen LogP contribution is 2.30. The van der Waals surface area contributed by atoms with Gasteiger partial charge in [0.2, 0.25) is 5.91 Å². The van der Waals surface area contributed by atoms with Crippen LogP contribution < -0.4 is 19.7 Å². The van der Waals surface area contributed by atoms with Crippen molar-refractivity contribution in [1.82, 2.24) is 0 Å². The van der Waals surface area contributed by atoms with Gasteiger partial charge in [-0.25, -0.2) is 0 Å². The van der Waals surface area contributed by atoms with Gasteiger partial charge < -0.3 is 24.4 Å². The molecule has 0 aromatic heterocycles. The molecule has 0 atom stereocenters. The molecule has 2 aromatic carbocycles. The molecule has 1 fully saturated rings. The molecular weight excluding hydrogens is 392 g/mol. The molecule has 0 aliphatic carbocycles. The summed E-state index contributed by atoms with van der Waals surface area (Å²) in [6, 6.07) is 13.6. The second-order valence-corrected chi connectivity index (χ2v) is 7.78. The first-order chi connectivity index (χ1) is 15.1. The Morgan fingerprint density at radius 1 is 1.13 bits per heavy atom. The number of carbonyl (C=O) groups excluding carboxylic acids is 1. The third-order valence-electron chi connectivity index (χ3n) is 4.78. The van der Waals surface area contributed by atoms with E-state index in [-0.39, 0.29) is 5.91 Å². The van der Waals surface area contributed by atoms with Gasteiger partial charge >= 0.3 is 0 Å². The highest BCUT2D eigenvalue weighted by Gasteiger charge is 2.15. The summed E-state index contributed by atoms with van der Waals surface area (Å²) in [6.45, 7) is 10.3. The molecular formula is C25H32N2O4. The first kappa shape index (κ1) is 22.7. The number of nitrogens with zero attached hydrogens (tertiary/aromatic N) is 1. The van der Waals surface area contributed by atoms with Crippen LogP contribution in [0.2, 0.25) is 0 Å². The van der Waals surface area contributed by atoms with E-state index in [9.17, 15) is 4.79 Å². The van der Waals surface area contributed by atoms with Gasteiger partial charge in [0.1, 0.15) is 0 Å². The van der Waals surface area contributed by atoms with Crippen molar-refractivity contribution in [3.05, 3.63) is 54.1 Å². The molecule has 2 aromatic rings. The molecule has 31 heavy (non-hydrogen) atoms. The summed E-state index contributed by atoms with van der Waals surface area (Å²) < 4.78 is 17.0. The maximum absolute atomic E-state index is 12.6. The Bertz CT molecular complexity index is 889. The zero-order valence-corrected chi connectivity index (χ0v) is 18.6. The van der Waals surface area contributed by atoms with Crippen LogP contribution in [0.5, 0.6) is 11.5 Å². The molecule has 6 nitrogen and oxygen atoms in total. The van der Waals surface area contributed by atoms with Crippen LogP contribution in [0, 0.1) is 5.92 Å². The van der Waals surface area contributed by atoms with E-state index in [0.717, 1.165) is 35.8 Å². The lowest BCUT2D eigenvalue weighted by Crippen LogP contribution is -2.36.